The molecule has 0 aliphatic rings. The second-order valence-corrected chi connectivity index (χ2v) is 3.13. The number of aliphatic imine (C=N–C) groups is 1. The molecular formula is C8H14N4O. The third-order valence-corrected chi connectivity index (χ3v) is 1.56. The van der Waals surface area contributed by atoms with Gasteiger partial charge in [0.05, 0.1) is 5.84 Å². The highest BCUT2D eigenvalue weighted by Gasteiger charge is 2.02. The van der Waals surface area contributed by atoms with Gasteiger partial charge in [-0.15, -0.1) is 0 Å². The van der Waals surface area contributed by atoms with E-state index in [-0.39, 0.29) is 5.92 Å². The first-order valence-corrected chi connectivity index (χ1v) is 4.18. The summed E-state index contributed by atoms with van der Waals surface area (Å²) in [5, 5.41) is 3.64. The molecule has 13 heavy (non-hydrogen) atoms. The highest BCUT2D eigenvalue weighted by atomic mass is 16.5. The molecule has 0 amide bonds. The summed E-state index contributed by atoms with van der Waals surface area (Å²) in [6.45, 7) is 6.10. The Kier molecular flexibility index (Phi) is 3.00. The van der Waals surface area contributed by atoms with Crippen LogP contribution in [0.3, 0.4) is 0 Å². The summed E-state index contributed by atoms with van der Waals surface area (Å²) in [5.74, 6) is 1.98. The summed E-state index contributed by atoms with van der Waals surface area (Å²) in [4.78, 5) is 8.11. The Labute approximate surface area is 77.0 Å². The van der Waals surface area contributed by atoms with Crippen LogP contribution in [0.2, 0.25) is 0 Å². The maximum absolute atomic E-state index is 5.63. The fourth-order valence-corrected chi connectivity index (χ4v) is 0.746. The maximum atomic E-state index is 5.63. The molecule has 1 aromatic rings. The summed E-state index contributed by atoms with van der Waals surface area (Å²) in [6.07, 6.45) is 0. The van der Waals surface area contributed by atoms with Crippen LogP contribution >= 0.6 is 0 Å². The highest BCUT2D eigenvalue weighted by Crippen LogP contribution is 1.99. The van der Waals surface area contributed by atoms with Crippen LogP contribution in [0.15, 0.2) is 9.52 Å². The lowest BCUT2D eigenvalue weighted by molar-refractivity contribution is 0.376. The minimum absolute atomic E-state index is 0.254. The zero-order valence-corrected chi connectivity index (χ0v) is 8.11. The number of nitrogens with two attached hydrogens (primary N) is 1. The average Bonchev–Trinajstić information content (AvgIpc) is 2.47. The number of amidine groups is 1. The Morgan fingerprint density at radius 1 is 1.62 bits per heavy atom. The van der Waals surface area contributed by atoms with Crippen molar-refractivity contribution >= 4 is 5.84 Å². The molecule has 1 heterocycles. The van der Waals surface area contributed by atoms with Crippen LogP contribution in [0.25, 0.3) is 0 Å². The van der Waals surface area contributed by atoms with Crippen molar-refractivity contribution in [2.45, 2.75) is 27.3 Å². The van der Waals surface area contributed by atoms with Gasteiger partial charge in [0.2, 0.25) is 5.89 Å². The molecule has 0 aromatic carbocycles. The average molecular weight is 182 g/mol. The van der Waals surface area contributed by atoms with Crippen LogP contribution in [0.4, 0.5) is 0 Å². The Bertz CT molecular complexity index is 303. The number of nitrogens with zero attached hydrogens (tertiary/aromatic N) is 3. The molecule has 0 saturated carbocycles. The van der Waals surface area contributed by atoms with E-state index in [1.54, 1.807) is 6.92 Å². The predicted octanol–water partition coefficient (Wildman–Crippen LogP) is 0.891. The van der Waals surface area contributed by atoms with Gasteiger partial charge in [0.25, 0.3) is 0 Å². The van der Waals surface area contributed by atoms with Crippen LogP contribution in [-0.2, 0) is 6.54 Å². The van der Waals surface area contributed by atoms with E-state index in [9.17, 15) is 0 Å². The zero-order valence-electron chi connectivity index (χ0n) is 8.11. The van der Waals surface area contributed by atoms with Gasteiger partial charge in [-0.3, -0.25) is 4.99 Å². The molecule has 72 valence electrons. The number of aryl methyl sites for hydroxylation is 1. The molecule has 0 atom stereocenters. The first kappa shape index (κ1) is 9.70. The van der Waals surface area contributed by atoms with Gasteiger partial charge >= 0.3 is 0 Å². The second kappa shape index (κ2) is 4.02. The van der Waals surface area contributed by atoms with E-state index in [1.807, 2.05) is 13.8 Å². The predicted molar refractivity (Wildman–Crippen MR) is 49.2 cm³/mol. The van der Waals surface area contributed by atoms with Gasteiger partial charge in [-0.05, 0) is 6.92 Å². The van der Waals surface area contributed by atoms with Gasteiger partial charge in [-0.1, -0.05) is 19.0 Å². The first-order valence-electron chi connectivity index (χ1n) is 4.18. The molecule has 0 fully saturated rings. The Balaban J connectivity index is 2.56. The van der Waals surface area contributed by atoms with Crippen LogP contribution in [0.1, 0.15) is 25.6 Å². The van der Waals surface area contributed by atoms with Crippen molar-refractivity contribution in [3.8, 4) is 0 Å². The van der Waals surface area contributed by atoms with Gasteiger partial charge in [0, 0.05) is 5.92 Å². The number of aromatic nitrogens is 2. The Morgan fingerprint density at radius 3 is 2.77 bits per heavy atom. The van der Waals surface area contributed by atoms with Crippen molar-refractivity contribution < 1.29 is 4.52 Å². The minimum atomic E-state index is 0.254. The monoisotopic (exact) mass is 182 g/mol. The van der Waals surface area contributed by atoms with Crippen molar-refractivity contribution in [2.24, 2.45) is 16.6 Å². The molecule has 0 aliphatic heterocycles. The molecule has 0 bridgehead atoms. The van der Waals surface area contributed by atoms with Crippen molar-refractivity contribution in [2.75, 3.05) is 0 Å². The van der Waals surface area contributed by atoms with E-state index in [0.29, 0.717) is 24.1 Å². The fourth-order valence-electron chi connectivity index (χ4n) is 0.746. The third kappa shape index (κ3) is 2.85. The van der Waals surface area contributed by atoms with Gasteiger partial charge in [0.15, 0.2) is 5.82 Å². The van der Waals surface area contributed by atoms with Gasteiger partial charge < -0.3 is 10.3 Å². The summed E-state index contributed by atoms with van der Waals surface area (Å²) < 4.78 is 4.87. The summed E-state index contributed by atoms with van der Waals surface area (Å²) in [6, 6.07) is 0. The van der Waals surface area contributed by atoms with Crippen molar-refractivity contribution in [1.82, 2.24) is 10.1 Å². The van der Waals surface area contributed by atoms with E-state index in [1.165, 1.54) is 0 Å². The van der Waals surface area contributed by atoms with Crippen LogP contribution < -0.4 is 5.73 Å². The molecule has 1 aromatic heterocycles. The minimum Gasteiger partial charge on any atom is -0.387 e. The highest BCUT2D eigenvalue weighted by molar-refractivity contribution is 5.82. The largest absolute Gasteiger partial charge is 0.387 e. The molecule has 5 nitrogen and oxygen atoms in total. The van der Waals surface area contributed by atoms with Gasteiger partial charge in [-0.25, -0.2) is 0 Å². The molecule has 0 radical (unpaired) electrons. The molecule has 0 saturated heterocycles. The lowest BCUT2D eigenvalue weighted by atomic mass is 10.2. The summed E-state index contributed by atoms with van der Waals surface area (Å²) in [7, 11) is 0. The molecule has 2 N–H and O–H groups in total. The van der Waals surface area contributed by atoms with Crippen molar-refractivity contribution in [3.05, 3.63) is 11.7 Å². The molecule has 1 rings (SSSR count). The normalized spacial score (nSPS) is 12.5. The number of rotatable bonds is 3. The van der Waals surface area contributed by atoms with E-state index < -0.39 is 0 Å². The molecule has 5 heteroatoms. The third-order valence-electron chi connectivity index (χ3n) is 1.56. The maximum Gasteiger partial charge on any atom is 0.248 e. The van der Waals surface area contributed by atoms with E-state index in [2.05, 4.69) is 15.1 Å². The molecular weight excluding hydrogens is 168 g/mol. The quantitative estimate of drug-likeness (QED) is 0.556. The smallest absolute Gasteiger partial charge is 0.248 e. The van der Waals surface area contributed by atoms with E-state index >= 15 is 0 Å². The zero-order chi connectivity index (χ0) is 9.84. The van der Waals surface area contributed by atoms with Crippen molar-refractivity contribution in [1.29, 1.82) is 0 Å². The van der Waals surface area contributed by atoms with E-state index in [0.717, 1.165) is 0 Å². The summed E-state index contributed by atoms with van der Waals surface area (Å²) in [5.41, 5.74) is 5.63. The van der Waals surface area contributed by atoms with E-state index in [4.69, 9.17) is 10.3 Å². The number of hydrogen-bond donors (Lipinski definition) is 1. The second-order valence-electron chi connectivity index (χ2n) is 3.13. The Hall–Kier alpha value is -1.39. The lowest BCUT2D eigenvalue weighted by Gasteiger charge is -2.01. The Morgan fingerprint density at radius 2 is 2.31 bits per heavy atom. The van der Waals surface area contributed by atoms with Crippen LogP contribution in [-0.4, -0.2) is 16.0 Å². The van der Waals surface area contributed by atoms with Crippen molar-refractivity contribution in [3.63, 3.8) is 0 Å². The molecule has 0 unspecified atom stereocenters. The van der Waals surface area contributed by atoms with Gasteiger partial charge in [0.1, 0.15) is 6.54 Å². The van der Waals surface area contributed by atoms with Crippen LogP contribution in [0, 0.1) is 12.8 Å². The topological polar surface area (TPSA) is 77.3 Å². The molecule has 0 spiro atoms. The van der Waals surface area contributed by atoms with Gasteiger partial charge in [-0.2, -0.15) is 4.98 Å². The fraction of sp³-hybridized carbons (Fsp3) is 0.625. The first-order chi connectivity index (χ1) is 6.09. The summed E-state index contributed by atoms with van der Waals surface area (Å²) >= 11 is 0. The lowest BCUT2D eigenvalue weighted by Crippen LogP contribution is -2.18. The van der Waals surface area contributed by atoms with Crippen LogP contribution in [0.5, 0.6) is 0 Å². The standard InChI is InChI=1S/C8H14N4O/c1-5(2)8(9)10-4-7-11-6(3)12-13-7/h5H,4H2,1-3H3,(H2,9,10). The molecule has 0 aliphatic carbocycles. The SMILES string of the molecule is Cc1noc(CN=C(N)C(C)C)n1. The number of hydrogen-bond acceptors (Lipinski definition) is 4.